The van der Waals surface area contributed by atoms with Crippen LogP contribution in [-0.4, -0.2) is 25.8 Å². The van der Waals surface area contributed by atoms with E-state index in [2.05, 4.69) is 25.3 Å². The number of anilines is 2. The summed E-state index contributed by atoms with van der Waals surface area (Å²) in [5.74, 6) is -0.159. The fraction of sp³-hybridized carbons (Fsp3) is 0.182. The first-order valence-corrected chi connectivity index (χ1v) is 9.60. The molecule has 1 aliphatic rings. The largest absolute Gasteiger partial charge is 0.396 e. The van der Waals surface area contributed by atoms with Gasteiger partial charge in [0.1, 0.15) is 5.82 Å². The third-order valence-corrected chi connectivity index (χ3v) is 5.63. The first kappa shape index (κ1) is 18.2. The number of nitrogens with one attached hydrogen (secondary N) is 2. The minimum atomic E-state index is -0.502. The Balaban J connectivity index is 1.46. The van der Waals surface area contributed by atoms with E-state index in [1.165, 1.54) is 6.20 Å². The van der Waals surface area contributed by atoms with Gasteiger partial charge in [-0.1, -0.05) is 0 Å². The molecule has 3 heterocycles. The Bertz CT molecular complexity index is 1270. The van der Waals surface area contributed by atoms with Gasteiger partial charge in [0.05, 0.1) is 12.0 Å². The van der Waals surface area contributed by atoms with Crippen molar-refractivity contribution in [1.82, 2.24) is 19.9 Å². The highest BCUT2D eigenvalue weighted by Gasteiger charge is 2.45. The molecule has 1 saturated carbocycles. The van der Waals surface area contributed by atoms with Crippen molar-refractivity contribution in [1.29, 1.82) is 0 Å². The lowest BCUT2D eigenvalue weighted by Gasteiger charge is -2.12. The van der Waals surface area contributed by atoms with E-state index in [4.69, 9.17) is 5.73 Å². The standard InChI is InChI=1S/C22H19FN6O/c1-11-2-3-25-7-16(11)14-4-12-5-19(27-8-17(12)21(24)20(14)23)29-22(30)15-6-13(15)18-9-26-10-28-18/h2-5,7-10,13,15H,6,24H2,1H3,(H,26,28)(H,27,29,30). The number of nitrogen functional groups attached to an aromatic ring is 1. The van der Waals surface area contributed by atoms with Crippen molar-refractivity contribution in [3.05, 3.63) is 66.4 Å². The number of amides is 1. The second-order valence-electron chi connectivity index (χ2n) is 7.58. The van der Waals surface area contributed by atoms with Crippen LogP contribution in [0.3, 0.4) is 0 Å². The maximum absolute atomic E-state index is 14.9. The predicted molar refractivity (Wildman–Crippen MR) is 112 cm³/mol. The number of rotatable bonds is 4. The van der Waals surface area contributed by atoms with Crippen molar-refractivity contribution in [2.45, 2.75) is 19.3 Å². The van der Waals surface area contributed by atoms with Crippen molar-refractivity contribution in [3.8, 4) is 11.1 Å². The summed E-state index contributed by atoms with van der Waals surface area (Å²) in [5.41, 5.74) is 8.98. The van der Waals surface area contributed by atoms with Gasteiger partial charge in [-0.2, -0.15) is 0 Å². The van der Waals surface area contributed by atoms with E-state index in [-0.39, 0.29) is 23.4 Å². The normalized spacial score (nSPS) is 17.8. The number of nitrogens with two attached hydrogens (primary N) is 1. The van der Waals surface area contributed by atoms with Gasteiger partial charge in [0.2, 0.25) is 5.91 Å². The molecule has 0 bridgehead atoms. The number of aryl methyl sites for hydroxylation is 1. The summed E-state index contributed by atoms with van der Waals surface area (Å²) in [6.45, 7) is 1.89. The number of aromatic amines is 1. The minimum absolute atomic E-state index is 0.0256. The second-order valence-corrected chi connectivity index (χ2v) is 7.58. The molecule has 150 valence electrons. The Morgan fingerprint density at radius 2 is 2.10 bits per heavy atom. The molecule has 0 saturated heterocycles. The number of nitrogens with zero attached hydrogens (tertiary/aromatic N) is 3. The zero-order valence-electron chi connectivity index (χ0n) is 16.2. The Hall–Kier alpha value is -3.81. The second kappa shape index (κ2) is 6.91. The summed E-state index contributed by atoms with van der Waals surface area (Å²) >= 11 is 0. The Morgan fingerprint density at radius 3 is 2.87 bits per heavy atom. The van der Waals surface area contributed by atoms with Crippen LogP contribution in [0.15, 0.2) is 49.3 Å². The van der Waals surface area contributed by atoms with Crippen molar-refractivity contribution < 1.29 is 9.18 Å². The zero-order valence-corrected chi connectivity index (χ0v) is 16.2. The fourth-order valence-electron chi connectivity index (χ4n) is 3.82. The van der Waals surface area contributed by atoms with Crippen LogP contribution in [0.2, 0.25) is 0 Å². The first-order chi connectivity index (χ1) is 14.5. The highest BCUT2D eigenvalue weighted by Crippen LogP contribution is 2.47. The van der Waals surface area contributed by atoms with Gasteiger partial charge in [0.25, 0.3) is 0 Å². The van der Waals surface area contributed by atoms with Crippen LogP contribution < -0.4 is 11.1 Å². The van der Waals surface area contributed by atoms with Crippen molar-refractivity contribution >= 4 is 28.2 Å². The molecule has 4 aromatic rings. The van der Waals surface area contributed by atoms with E-state index in [1.807, 2.05) is 13.0 Å². The van der Waals surface area contributed by atoms with Crippen molar-refractivity contribution in [3.63, 3.8) is 0 Å². The number of aromatic nitrogens is 4. The molecule has 2 atom stereocenters. The van der Waals surface area contributed by atoms with E-state index < -0.39 is 5.82 Å². The van der Waals surface area contributed by atoms with Crippen LogP contribution in [-0.2, 0) is 4.79 Å². The monoisotopic (exact) mass is 402 g/mol. The van der Waals surface area contributed by atoms with Crippen LogP contribution in [0.1, 0.15) is 23.6 Å². The highest BCUT2D eigenvalue weighted by molar-refractivity contribution is 6.00. The molecular weight excluding hydrogens is 383 g/mol. The van der Waals surface area contributed by atoms with E-state index in [0.717, 1.165) is 17.7 Å². The van der Waals surface area contributed by atoms with Crippen molar-refractivity contribution in [2.75, 3.05) is 11.1 Å². The molecule has 0 radical (unpaired) electrons. The SMILES string of the molecule is Cc1ccncc1-c1cc2cc(NC(=O)C3CC3c3cnc[nH]3)ncc2c(N)c1F. The summed E-state index contributed by atoms with van der Waals surface area (Å²) in [4.78, 5) is 28.0. The summed E-state index contributed by atoms with van der Waals surface area (Å²) in [6.07, 6.45) is 8.88. The molecule has 7 nitrogen and oxygen atoms in total. The molecule has 8 heteroatoms. The van der Waals surface area contributed by atoms with Gasteiger partial charge >= 0.3 is 0 Å². The Morgan fingerprint density at radius 1 is 1.23 bits per heavy atom. The molecule has 2 unspecified atom stereocenters. The van der Waals surface area contributed by atoms with Crippen LogP contribution in [0.25, 0.3) is 21.9 Å². The minimum Gasteiger partial charge on any atom is -0.396 e. The molecule has 4 N–H and O–H groups in total. The van der Waals surface area contributed by atoms with Gasteiger partial charge in [-0.05, 0) is 42.5 Å². The number of carbonyl (C=O) groups excluding carboxylic acids is 1. The summed E-state index contributed by atoms with van der Waals surface area (Å²) < 4.78 is 14.9. The van der Waals surface area contributed by atoms with Gasteiger partial charge in [-0.25, -0.2) is 14.4 Å². The average molecular weight is 402 g/mol. The number of pyridine rings is 2. The van der Waals surface area contributed by atoms with Crippen LogP contribution >= 0.6 is 0 Å². The molecule has 0 aliphatic heterocycles. The number of H-pyrrole nitrogens is 1. The Labute approximate surface area is 171 Å². The molecular formula is C22H19FN6O. The molecule has 1 aliphatic carbocycles. The third kappa shape index (κ3) is 3.06. The van der Waals surface area contributed by atoms with Crippen LogP contribution in [0.5, 0.6) is 0 Å². The average Bonchev–Trinajstić information content (AvgIpc) is 3.36. The lowest BCUT2D eigenvalue weighted by molar-refractivity contribution is -0.117. The lowest BCUT2D eigenvalue weighted by Crippen LogP contribution is -2.15. The first-order valence-electron chi connectivity index (χ1n) is 9.60. The lowest BCUT2D eigenvalue weighted by atomic mass is 9.98. The molecule has 1 aromatic carbocycles. The van der Waals surface area contributed by atoms with Crippen LogP contribution in [0, 0.1) is 18.7 Å². The molecule has 5 rings (SSSR count). The summed E-state index contributed by atoms with van der Waals surface area (Å²) in [5, 5.41) is 4.05. The van der Waals surface area contributed by atoms with Crippen LogP contribution in [0.4, 0.5) is 15.9 Å². The van der Waals surface area contributed by atoms with E-state index >= 15 is 0 Å². The van der Waals surface area contributed by atoms with Gasteiger partial charge in [0, 0.05) is 58.8 Å². The highest BCUT2D eigenvalue weighted by atomic mass is 19.1. The fourth-order valence-corrected chi connectivity index (χ4v) is 3.82. The molecule has 1 fully saturated rings. The summed E-state index contributed by atoms with van der Waals surface area (Å²) in [7, 11) is 0. The quantitative estimate of drug-likeness (QED) is 0.450. The number of hydrogen-bond acceptors (Lipinski definition) is 5. The van der Waals surface area contributed by atoms with Gasteiger partial charge in [-0.15, -0.1) is 0 Å². The molecule has 1 amide bonds. The predicted octanol–water partition coefficient (Wildman–Crippen LogP) is 3.79. The van der Waals surface area contributed by atoms with E-state index in [9.17, 15) is 9.18 Å². The van der Waals surface area contributed by atoms with Gasteiger partial charge < -0.3 is 16.0 Å². The number of carbonyl (C=O) groups is 1. The number of hydrogen-bond donors (Lipinski definition) is 3. The number of imidazole rings is 1. The third-order valence-electron chi connectivity index (χ3n) is 5.63. The van der Waals surface area contributed by atoms with Gasteiger partial charge in [0.15, 0.2) is 5.82 Å². The maximum atomic E-state index is 14.9. The Kier molecular flexibility index (Phi) is 4.20. The molecule has 3 aromatic heterocycles. The number of fused-ring (bicyclic) bond motifs is 1. The maximum Gasteiger partial charge on any atom is 0.229 e. The molecule has 30 heavy (non-hydrogen) atoms. The summed E-state index contributed by atoms with van der Waals surface area (Å²) in [6, 6.07) is 5.25. The molecule has 0 spiro atoms. The van der Waals surface area contributed by atoms with E-state index in [0.29, 0.717) is 27.7 Å². The topological polar surface area (TPSA) is 110 Å². The van der Waals surface area contributed by atoms with Crippen molar-refractivity contribution in [2.24, 2.45) is 5.92 Å². The number of benzene rings is 1. The van der Waals surface area contributed by atoms with Gasteiger partial charge in [-0.3, -0.25) is 9.78 Å². The van der Waals surface area contributed by atoms with E-state index in [1.54, 1.807) is 37.1 Å². The smallest absolute Gasteiger partial charge is 0.229 e. The zero-order chi connectivity index (χ0) is 20.8. The number of halogens is 1.